The fraction of sp³-hybridized carbons (Fsp3) is 0.615. The number of hydrogen-bond donors (Lipinski definition) is 2. The molecule has 0 aromatic carbocycles. The third-order valence-corrected chi connectivity index (χ3v) is 3.46. The third kappa shape index (κ3) is 4.48. The Kier molecular flexibility index (Phi) is 4.71. The van der Waals surface area contributed by atoms with Gasteiger partial charge in [0.05, 0.1) is 6.04 Å². The minimum atomic E-state index is -0.465. The summed E-state index contributed by atoms with van der Waals surface area (Å²) in [6.07, 6.45) is 0.853. The highest BCUT2D eigenvalue weighted by Gasteiger charge is 2.28. The lowest BCUT2D eigenvalue weighted by Gasteiger charge is -2.27. The van der Waals surface area contributed by atoms with Gasteiger partial charge in [0.2, 0.25) is 5.91 Å². The molecule has 4 heteroatoms. The number of hydrogen-bond acceptors (Lipinski definition) is 3. The van der Waals surface area contributed by atoms with Gasteiger partial charge in [0.15, 0.2) is 0 Å². The van der Waals surface area contributed by atoms with Crippen molar-refractivity contribution in [3.8, 4) is 0 Å². The van der Waals surface area contributed by atoms with Gasteiger partial charge in [-0.15, -0.1) is 0 Å². The Morgan fingerprint density at radius 3 is 2.65 bits per heavy atom. The zero-order valence-corrected chi connectivity index (χ0v) is 11.8. The van der Waals surface area contributed by atoms with E-state index >= 15 is 0 Å². The average Bonchev–Trinajstić information content (AvgIpc) is 2.67. The van der Waals surface area contributed by atoms with Crippen molar-refractivity contribution >= 4 is 17.2 Å². The minimum Gasteiger partial charge on any atom is -0.352 e. The molecule has 0 aliphatic heterocycles. The first-order chi connectivity index (χ1) is 7.80. The molecule has 1 amide bonds. The van der Waals surface area contributed by atoms with E-state index in [0.29, 0.717) is 0 Å². The van der Waals surface area contributed by atoms with Crippen molar-refractivity contribution < 1.29 is 4.79 Å². The predicted octanol–water partition coefficient (Wildman–Crippen LogP) is 2.17. The van der Waals surface area contributed by atoms with Crippen LogP contribution in [0.1, 0.15) is 33.3 Å². The molecule has 3 nitrogen and oxygen atoms in total. The second kappa shape index (κ2) is 5.65. The summed E-state index contributed by atoms with van der Waals surface area (Å²) in [7, 11) is 0. The summed E-state index contributed by atoms with van der Waals surface area (Å²) in [4.78, 5) is 11.9. The van der Waals surface area contributed by atoms with Gasteiger partial charge in [0.1, 0.15) is 0 Å². The maximum absolute atomic E-state index is 11.9. The normalized spacial score (nSPS) is 15.4. The molecule has 3 N–H and O–H groups in total. The molecule has 0 aliphatic rings. The number of nitrogens with one attached hydrogen (secondary N) is 1. The van der Waals surface area contributed by atoms with Crippen LogP contribution in [0.2, 0.25) is 0 Å². The number of amides is 1. The highest BCUT2D eigenvalue weighted by molar-refractivity contribution is 7.07. The van der Waals surface area contributed by atoms with Crippen LogP contribution in [0.5, 0.6) is 0 Å². The maximum atomic E-state index is 11.9. The summed E-state index contributed by atoms with van der Waals surface area (Å²) in [5.41, 5.74) is 6.96. The summed E-state index contributed by atoms with van der Waals surface area (Å²) in [5.74, 6) is -0.0692. The number of thiophene rings is 1. The van der Waals surface area contributed by atoms with Crippen LogP contribution in [-0.2, 0) is 11.2 Å². The lowest BCUT2D eigenvalue weighted by molar-refractivity contribution is -0.125. The fourth-order valence-corrected chi connectivity index (χ4v) is 2.22. The average molecular weight is 254 g/mol. The van der Waals surface area contributed by atoms with Crippen LogP contribution in [0.25, 0.3) is 0 Å². The van der Waals surface area contributed by atoms with E-state index in [4.69, 9.17) is 5.73 Å². The van der Waals surface area contributed by atoms with Gasteiger partial charge in [-0.3, -0.25) is 4.79 Å². The predicted molar refractivity (Wildman–Crippen MR) is 73.1 cm³/mol. The highest BCUT2D eigenvalue weighted by Crippen LogP contribution is 2.17. The van der Waals surface area contributed by atoms with Gasteiger partial charge in [-0.2, -0.15) is 11.3 Å². The summed E-state index contributed by atoms with van der Waals surface area (Å²) in [5, 5.41) is 7.12. The highest BCUT2D eigenvalue weighted by atomic mass is 32.1. The van der Waals surface area contributed by atoms with Crippen LogP contribution < -0.4 is 11.1 Å². The molecule has 1 aromatic heterocycles. The van der Waals surface area contributed by atoms with E-state index in [2.05, 4.69) is 16.8 Å². The zero-order chi connectivity index (χ0) is 13.1. The van der Waals surface area contributed by atoms with Crippen LogP contribution in [0.15, 0.2) is 16.8 Å². The van der Waals surface area contributed by atoms with Gasteiger partial charge < -0.3 is 11.1 Å². The van der Waals surface area contributed by atoms with Crippen LogP contribution in [-0.4, -0.2) is 18.0 Å². The standard InChI is InChI=1S/C13H22N2OS/c1-9(7-10-5-6-17-8-10)15-12(16)11(14)13(2,3)4/h5-6,8-9,11H,7,14H2,1-4H3,(H,15,16). The van der Waals surface area contributed by atoms with Crippen LogP contribution in [0.3, 0.4) is 0 Å². The summed E-state index contributed by atoms with van der Waals surface area (Å²) >= 11 is 1.67. The quantitative estimate of drug-likeness (QED) is 0.865. The molecule has 1 heterocycles. The van der Waals surface area contributed by atoms with E-state index in [0.717, 1.165) is 6.42 Å². The molecule has 0 bridgehead atoms. The Labute approximate surface area is 107 Å². The molecule has 17 heavy (non-hydrogen) atoms. The third-order valence-electron chi connectivity index (χ3n) is 2.73. The smallest absolute Gasteiger partial charge is 0.237 e. The van der Waals surface area contributed by atoms with Gasteiger partial charge in [-0.25, -0.2) is 0 Å². The maximum Gasteiger partial charge on any atom is 0.237 e. The van der Waals surface area contributed by atoms with Crippen molar-refractivity contribution in [2.45, 2.75) is 46.2 Å². The van der Waals surface area contributed by atoms with Crippen LogP contribution in [0, 0.1) is 5.41 Å². The molecular weight excluding hydrogens is 232 g/mol. The van der Waals surface area contributed by atoms with E-state index in [1.165, 1.54) is 5.56 Å². The molecule has 0 spiro atoms. The molecule has 2 unspecified atom stereocenters. The second-order valence-corrected chi connectivity index (χ2v) is 6.37. The van der Waals surface area contributed by atoms with E-state index in [-0.39, 0.29) is 17.4 Å². The van der Waals surface area contributed by atoms with E-state index in [1.807, 2.05) is 33.1 Å². The lowest BCUT2D eigenvalue weighted by atomic mass is 9.87. The molecule has 0 saturated heterocycles. The van der Waals surface area contributed by atoms with Crippen molar-refractivity contribution in [1.29, 1.82) is 0 Å². The van der Waals surface area contributed by atoms with Gasteiger partial charge >= 0.3 is 0 Å². The molecule has 0 aliphatic carbocycles. The van der Waals surface area contributed by atoms with Crippen LogP contribution >= 0.6 is 11.3 Å². The Morgan fingerprint density at radius 2 is 2.18 bits per heavy atom. The Morgan fingerprint density at radius 1 is 1.53 bits per heavy atom. The molecule has 0 fully saturated rings. The van der Waals surface area contributed by atoms with E-state index in [1.54, 1.807) is 11.3 Å². The lowest BCUT2D eigenvalue weighted by Crippen LogP contribution is -2.51. The van der Waals surface area contributed by atoms with Gasteiger partial charge in [-0.05, 0) is 41.1 Å². The monoisotopic (exact) mass is 254 g/mol. The number of carbonyl (C=O) groups excluding carboxylic acids is 1. The summed E-state index contributed by atoms with van der Waals surface area (Å²) in [6, 6.07) is 1.73. The Balaban J connectivity index is 2.46. The SMILES string of the molecule is CC(Cc1ccsc1)NC(=O)C(N)C(C)(C)C. The van der Waals surface area contributed by atoms with Gasteiger partial charge in [0.25, 0.3) is 0 Å². The van der Waals surface area contributed by atoms with Gasteiger partial charge in [-0.1, -0.05) is 20.8 Å². The first kappa shape index (κ1) is 14.2. The van der Waals surface area contributed by atoms with Crippen molar-refractivity contribution in [3.05, 3.63) is 22.4 Å². The largest absolute Gasteiger partial charge is 0.352 e. The molecule has 96 valence electrons. The van der Waals surface area contributed by atoms with E-state index in [9.17, 15) is 4.79 Å². The van der Waals surface area contributed by atoms with Crippen molar-refractivity contribution in [2.75, 3.05) is 0 Å². The van der Waals surface area contributed by atoms with Crippen molar-refractivity contribution in [1.82, 2.24) is 5.32 Å². The molecule has 1 aromatic rings. The first-order valence-corrected chi connectivity index (χ1v) is 6.82. The molecule has 1 rings (SSSR count). The zero-order valence-electron chi connectivity index (χ0n) is 11.0. The summed E-state index contributed by atoms with van der Waals surface area (Å²) in [6.45, 7) is 7.92. The van der Waals surface area contributed by atoms with Crippen molar-refractivity contribution in [2.24, 2.45) is 11.1 Å². The van der Waals surface area contributed by atoms with Gasteiger partial charge in [0, 0.05) is 6.04 Å². The topological polar surface area (TPSA) is 55.1 Å². The number of rotatable bonds is 4. The minimum absolute atomic E-state index is 0.0692. The number of nitrogens with two attached hydrogens (primary N) is 1. The Bertz CT molecular complexity index is 354. The molecule has 2 atom stereocenters. The second-order valence-electron chi connectivity index (χ2n) is 5.59. The molecular formula is C13H22N2OS. The van der Waals surface area contributed by atoms with Crippen molar-refractivity contribution in [3.63, 3.8) is 0 Å². The number of carbonyl (C=O) groups is 1. The van der Waals surface area contributed by atoms with E-state index < -0.39 is 6.04 Å². The first-order valence-electron chi connectivity index (χ1n) is 5.87. The summed E-state index contributed by atoms with van der Waals surface area (Å²) < 4.78 is 0. The molecule has 0 saturated carbocycles. The molecule has 0 radical (unpaired) electrons. The fourth-order valence-electron chi connectivity index (χ4n) is 1.54. The van der Waals surface area contributed by atoms with Crippen LogP contribution in [0.4, 0.5) is 0 Å². The Hall–Kier alpha value is -0.870.